The van der Waals surface area contributed by atoms with Crippen molar-refractivity contribution in [3.05, 3.63) is 47.5 Å². The first-order chi connectivity index (χ1) is 10.0. The van der Waals surface area contributed by atoms with E-state index in [9.17, 15) is 19.8 Å². The largest absolute Gasteiger partial charge is 0.508 e. The Hall–Kier alpha value is -3.02. The number of nitrogens with one attached hydrogen (secondary N) is 2. The molecule has 0 unspecified atom stereocenters. The second-order valence-electron chi connectivity index (χ2n) is 4.45. The molecule has 6 heteroatoms. The summed E-state index contributed by atoms with van der Waals surface area (Å²) in [6, 6.07) is 8.88. The van der Waals surface area contributed by atoms with Gasteiger partial charge >= 0.3 is 0 Å². The van der Waals surface area contributed by atoms with Crippen molar-refractivity contribution >= 4 is 23.7 Å². The summed E-state index contributed by atoms with van der Waals surface area (Å²) in [6.07, 6.45) is 0.411. The molecule has 21 heavy (non-hydrogen) atoms. The average molecular weight is 286 g/mol. The number of hydrogen-bond acceptors (Lipinski definition) is 4. The maximum atomic E-state index is 12.1. The minimum atomic E-state index is -0.424. The fourth-order valence-electron chi connectivity index (χ4n) is 1.75. The number of benzene rings is 2. The number of hydrogen-bond donors (Lipinski definition) is 4. The van der Waals surface area contributed by atoms with E-state index in [0.717, 1.165) is 0 Å². The van der Waals surface area contributed by atoms with Gasteiger partial charge in [0.2, 0.25) is 6.41 Å². The molecule has 0 radical (unpaired) electrons. The SMILES string of the molecule is Cc1ccc(NC(=O)c2ccc(O)c(NC=O)c2)cc1O. The maximum absolute atomic E-state index is 12.1. The van der Waals surface area contributed by atoms with Gasteiger partial charge in [0.15, 0.2) is 0 Å². The molecule has 4 N–H and O–H groups in total. The number of phenolic OH excluding ortho intramolecular Hbond substituents is 2. The van der Waals surface area contributed by atoms with Crippen LogP contribution in [0.1, 0.15) is 15.9 Å². The van der Waals surface area contributed by atoms with E-state index in [1.807, 2.05) is 0 Å². The zero-order valence-corrected chi connectivity index (χ0v) is 11.3. The number of carbonyl (C=O) groups excluding carboxylic acids is 2. The van der Waals surface area contributed by atoms with E-state index in [4.69, 9.17) is 0 Å². The zero-order chi connectivity index (χ0) is 15.4. The van der Waals surface area contributed by atoms with Gasteiger partial charge in [-0.3, -0.25) is 9.59 Å². The molecule has 0 heterocycles. The van der Waals surface area contributed by atoms with E-state index >= 15 is 0 Å². The Labute approximate surface area is 121 Å². The van der Waals surface area contributed by atoms with Gasteiger partial charge in [-0.05, 0) is 36.8 Å². The van der Waals surface area contributed by atoms with Crippen molar-refractivity contribution in [2.75, 3.05) is 10.6 Å². The third-order valence-corrected chi connectivity index (χ3v) is 2.94. The molecule has 0 bridgehead atoms. The number of carbonyl (C=O) groups is 2. The van der Waals surface area contributed by atoms with Crippen LogP contribution in [0.2, 0.25) is 0 Å². The lowest BCUT2D eigenvalue weighted by Gasteiger charge is -2.09. The van der Waals surface area contributed by atoms with Gasteiger partial charge in [0.1, 0.15) is 11.5 Å². The number of amides is 2. The van der Waals surface area contributed by atoms with E-state index in [-0.39, 0.29) is 22.7 Å². The smallest absolute Gasteiger partial charge is 0.255 e. The van der Waals surface area contributed by atoms with Crippen molar-refractivity contribution in [1.29, 1.82) is 0 Å². The van der Waals surface area contributed by atoms with Gasteiger partial charge in [-0.1, -0.05) is 6.07 Å². The fraction of sp³-hybridized carbons (Fsp3) is 0.0667. The molecule has 0 aromatic heterocycles. The van der Waals surface area contributed by atoms with Gasteiger partial charge in [-0.15, -0.1) is 0 Å². The Morgan fingerprint density at radius 3 is 2.52 bits per heavy atom. The van der Waals surface area contributed by atoms with Gasteiger partial charge in [-0.25, -0.2) is 0 Å². The van der Waals surface area contributed by atoms with Crippen LogP contribution < -0.4 is 10.6 Å². The first kappa shape index (κ1) is 14.4. The van der Waals surface area contributed by atoms with E-state index in [1.165, 1.54) is 24.3 Å². The van der Waals surface area contributed by atoms with Crippen LogP contribution in [-0.4, -0.2) is 22.5 Å². The molecule has 0 fully saturated rings. The molecule has 0 saturated carbocycles. The number of anilines is 2. The molecule has 0 aliphatic carbocycles. The molecule has 0 saturated heterocycles. The Morgan fingerprint density at radius 2 is 1.86 bits per heavy atom. The highest BCUT2D eigenvalue weighted by atomic mass is 16.3. The summed E-state index contributed by atoms with van der Waals surface area (Å²) in [5.41, 5.74) is 1.55. The van der Waals surface area contributed by atoms with Crippen LogP contribution in [-0.2, 0) is 4.79 Å². The zero-order valence-electron chi connectivity index (χ0n) is 11.3. The van der Waals surface area contributed by atoms with Crippen LogP contribution >= 0.6 is 0 Å². The molecule has 2 aromatic carbocycles. The van der Waals surface area contributed by atoms with Crippen molar-refractivity contribution in [3.8, 4) is 11.5 Å². The van der Waals surface area contributed by atoms with Crippen molar-refractivity contribution < 1.29 is 19.8 Å². The van der Waals surface area contributed by atoms with Gasteiger partial charge in [0.05, 0.1) is 5.69 Å². The molecule has 2 aromatic rings. The minimum absolute atomic E-state index is 0.0850. The van der Waals surface area contributed by atoms with Crippen LogP contribution in [0.25, 0.3) is 0 Å². The predicted octanol–water partition coefficient (Wildman–Crippen LogP) is 2.23. The lowest BCUT2D eigenvalue weighted by molar-refractivity contribution is -0.105. The second-order valence-corrected chi connectivity index (χ2v) is 4.45. The molecular formula is C15H14N2O4. The summed E-state index contributed by atoms with van der Waals surface area (Å²) in [5, 5.41) is 24.0. The summed E-state index contributed by atoms with van der Waals surface area (Å²) in [5.74, 6) is -0.472. The predicted molar refractivity (Wildman–Crippen MR) is 78.6 cm³/mol. The molecule has 108 valence electrons. The summed E-state index contributed by atoms with van der Waals surface area (Å²) >= 11 is 0. The lowest BCUT2D eigenvalue weighted by atomic mass is 10.1. The van der Waals surface area contributed by atoms with Crippen molar-refractivity contribution in [3.63, 3.8) is 0 Å². The van der Waals surface area contributed by atoms with Crippen LogP contribution in [0.15, 0.2) is 36.4 Å². The van der Waals surface area contributed by atoms with Gasteiger partial charge in [-0.2, -0.15) is 0 Å². The Morgan fingerprint density at radius 1 is 1.10 bits per heavy atom. The maximum Gasteiger partial charge on any atom is 0.255 e. The fourth-order valence-corrected chi connectivity index (χ4v) is 1.75. The van der Waals surface area contributed by atoms with Crippen molar-refractivity contribution in [2.45, 2.75) is 6.92 Å². The van der Waals surface area contributed by atoms with Crippen LogP contribution in [0.4, 0.5) is 11.4 Å². The number of phenols is 2. The molecule has 0 atom stereocenters. The molecule has 2 rings (SSSR count). The number of aromatic hydroxyl groups is 2. The van der Waals surface area contributed by atoms with E-state index in [0.29, 0.717) is 17.7 Å². The normalized spacial score (nSPS) is 9.95. The third kappa shape index (κ3) is 3.30. The molecule has 6 nitrogen and oxygen atoms in total. The topological polar surface area (TPSA) is 98.7 Å². The molecule has 2 amide bonds. The summed E-state index contributed by atoms with van der Waals surface area (Å²) in [6.45, 7) is 1.75. The van der Waals surface area contributed by atoms with Crippen LogP contribution in [0.3, 0.4) is 0 Å². The van der Waals surface area contributed by atoms with E-state index in [1.54, 1.807) is 19.1 Å². The molecule has 0 aliphatic rings. The van der Waals surface area contributed by atoms with E-state index in [2.05, 4.69) is 10.6 Å². The second kappa shape index (κ2) is 5.96. The monoisotopic (exact) mass is 286 g/mol. The van der Waals surface area contributed by atoms with Gasteiger partial charge in [0.25, 0.3) is 5.91 Å². The van der Waals surface area contributed by atoms with E-state index < -0.39 is 5.91 Å². The van der Waals surface area contributed by atoms with Crippen molar-refractivity contribution in [1.82, 2.24) is 0 Å². The summed E-state index contributed by atoms with van der Waals surface area (Å²) < 4.78 is 0. The average Bonchev–Trinajstić information content (AvgIpc) is 2.45. The minimum Gasteiger partial charge on any atom is -0.508 e. The van der Waals surface area contributed by atoms with Crippen LogP contribution in [0, 0.1) is 6.92 Å². The van der Waals surface area contributed by atoms with Gasteiger partial charge in [0, 0.05) is 17.3 Å². The lowest BCUT2D eigenvalue weighted by Crippen LogP contribution is -2.12. The number of aryl methyl sites for hydroxylation is 1. The number of rotatable bonds is 4. The first-order valence-corrected chi connectivity index (χ1v) is 6.15. The van der Waals surface area contributed by atoms with Crippen molar-refractivity contribution in [2.24, 2.45) is 0 Å². The summed E-state index contributed by atoms with van der Waals surface area (Å²) in [7, 11) is 0. The quantitative estimate of drug-likeness (QED) is 0.511. The Bertz CT molecular complexity index is 698. The Balaban J connectivity index is 2.21. The standard InChI is InChI=1S/C15H14N2O4/c1-9-2-4-11(7-14(9)20)17-15(21)10-3-5-13(19)12(6-10)16-8-18/h2-8,19-20H,1H3,(H,16,18)(H,17,21). The first-order valence-electron chi connectivity index (χ1n) is 6.15. The Kier molecular flexibility index (Phi) is 4.08. The molecule has 0 spiro atoms. The highest BCUT2D eigenvalue weighted by Crippen LogP contribution is 2.25. The van der Waals surface area contributed by atoms with Crippen LogP contribution in [0.5, 0.6) is 11.5 Å². The highest BCUT2D eigenvalue weighted by molar-refractivity contribution is 6.05. The highest BCUT2D eigenvalue weighted by Gasteiger charge is 2.10. The molecular weight excluding hydrogens is 272 g/mol. The third-order valence-electron chi connectivity index (χ3n) is 2.94. The molecule has 0 aliphatic heterocycles. The van der Waals surface area contributed by atoms with Gasteiger partial charge < -0.3 is 20.8 Å². The summed E-state index contributed by atoms with van der Waals surface area (Å²) in [4.78, 5) is 22.5.